The Bertz CT molecular complexity index is 1150. The van der Waals surface area contributed by atoms with Gasteiger partial charge in [0.2, 0.25) is 5.78 Å². The molecule has 0 radical (unpaired) electrons. The van der Waals surface area contributed by atoms with Crippen molar-refractivity contribution in [2.75, 3.05) is 18.0 Å². The Balaban J connectivity index is 1.51. The van der Waals surface area contributed by atoms with Gasteiger partial charge in [-0.05, 0) is 73.9 Å². The highest BCUT2D eigenvalue weighted by molar-refractivity contribution is 6.15. The SMILES string of the molecule is CCN(CC)c1ccc(/C=C2\Oc3cc(OCc4ccc(F)cc4)cc(C)c3C2=O)cc1. The van der Waals surface area contributed by atoms with Crippen LogP contribution in [0.2, 0.25) is 0 Å². The minimum absolute atomic E-state index is 0.129. The van der Waals surface area contributed by atoms with Crippen LogP contribution in [0.15, 0.2) is 66.4 Å². The number of Topliss-reactive ketones (excluding diaryl/α,β-unsaturated/α-hetero) is 1. The summed E-state index contributed by atoms with van der Waals surface area (Å²) in [4.78, 5) is 15.2. The van der Waals surface area contributed by atoms with Gasteiger partial charge < -0.3 is 14.4 Å². The molecule has 0 amide bonds. The molecule has 3 aromatic carbocycles. The smallest absolute Gasteiger partial charge is 0.232 e. The summed E-state index contributed by atoms with van der Waals surface area (Å²) in [6.07, 6.45) is 1.77. The molecule has 0 aromatic heterocycles. The lowest BCUT2D eigenvalue weighted by atomic mass is 10.0. The quantitative estimate of drug-likeness (QED) is 0.419. The minimum atomic E-state index is -0.281. The summed E-state index contributed by atoms with van der Waals surface area (Å²) < 4.78 is 24.8. The molecule has 32 heavy (non-hydrogen) atoms. The summed E-state index contributed by atoms with van der Waals surface area (Å²) in [5.41, 5.74) is 4.27. The molecule has 0 bridgehead atoms. The Morgan fingerprint density at radius 3 is 2.34 bits per heavy atom. The molecule has 0 saturated heterocycles. The van der Waals surface area contributed by atoms with Crippen molar-refractivity contribution in [3.63, 3.8) is 0 Å². The second kappa shape index (κ2) is 9.27. The van der Waals surface area contributed by atoms with Crippen molar-refractivity contribution in [2.24, 2.45) is 0 Å². The first-order valence-corrected chi connectivity index (χ1v) is 10.8. The summed E-state index contributed by atoms with van der Waals surface area (Å²) in [7, 11) is 0. The lowest BCUT2D eigenvalue weighted by Crippen LogP contribution is -2.21. The molecule has 1 aliphatic rings. The molecule has 0 saturated carbocycles. The largest absolute Gasteiger partial charge is 0.489 e. The molecule has 0 aliphatic carbocycles. The molecule has 0 fully saturated rings. The number of aryl methyl sites for hydroxylation is 1. The predicted octanol–water partition coefficient (Wildman–Crippen LogP) is 6.18. The molecular formula is C27H26FNO3. The number of halogens is 1. The maximum absolute atomic E-state index is 13.1. The van der Waals surface area contributed by atoms with Crippen LogP contribution in [-0.4, -0.2) is 18.9 Å². The highest BCUT2D eigenvalue weighted by atomic mass is 19.1. The van der Waals surface area contributed by atoms with E-state index in [9.17, 15) is 9.18 Å². The van der Waals surface area contributed by atoms with E-state index in [4.69, 9.17) is 9.47 Å². The number of rotatable bonds is 7. The Morgan fingerprint density at radius 2 is 1.69 bits per heavy atom. The highest BCUT2D eigenvalue weighted by Crippen LogP contribution is 2.37. The first-order chi connectivity index (χ1) is 15.5. The van der Waals surface area contributed by atoms with Crippen molar-refractivity contribution in [3.8, 4) is 11.5 Å². The van der Waals surface area contributed by atoms with Gasteiger partial charge in [-0.15, -0.1) is 0 Å². The topological polar surface area (TPSA) is 38.8 Å². The fraction of sp³-hybridized carbons (Fsp3) is 0.222. The normalized spacial score (nSPS) is 13.8. The van der Waals surface area contributed by atoms with Crippen molar-refractivity contribution >= 4 is 17.5 Å². The predicted molar refractivity (Wildman–Crippen MR) is 125 cm³/mol. The number of hydrogen-bond acceptors (Lipinski definition) is 4. The van der Waals surface area contributed by atoms with E-state index in [0.717, 1.165) is 35.5 Å². The van der Waals surface area contributed by atoms with Gasteiger partial charge >= 0.3 is 0 Å². The van der Waals surface area contributed by atoms with E-state index in [-0.39, 0.29) is 11.6 Å². The maximum Gasteiger partial charge on any atom is 0.232 e. The third-order valence-electron chi connectivity index (χ3n) is 5.58. The first kappa shape index (κ1) is 21.6. The number of anilines is 1. The minimum Gasteiger partial charge on any atom is -0.489 e. The molecule has 4 nitrogen and oxygen atoms in total. The fourth-order valence-electron chi connectivity index (χ4n) is 3.83. The number of benzene rings is 3. The summed E-state index contributed by atoms with van der Waals surface area (Å²) >= 11 is 0. The van der Waals surface area contributed by atoms with Crippen LogP contribution in [-0.2, 0) is 6.61 Å². The van der Waals surface area contributed by atoms with Gasteiger partial charge in [0, 0.05) is 24.8 Å². The van der Waals surface area contributed by atoms with Gasteiger partial charge in [-0.3, -0.25) is 4.79 Å². The van der Waals surface area contributed by atoms with Crippen LogP contribution >= 0.6 is 0 Å². The standard InChI is InChI=1S/C27H26FNO3/c1-4-29(5-2)22-12-8-19(9-13-22)15-25-27(30)26-18(3)14-23(16-24(26)32-25)31-17-20-6-10-21(28)11-7-20/h6-16H,4-5,17H2,1-3H3/b25-15-. The summed E-state index contributed by atoms with van der Waals surface area (Å²) in [6, 6.07) is 17.8. The van der Waals surface area contributed by atoms with E-state index >= 15 is 0 Å². The highest BCUT2D eigenvalue weighted by Gasteiger charge is 2.30. The number of carbonyl (C=O) groups excluding carboxylic acids is 1. The van der Waals surface area contributed by atoms with E-state index < -0.39 is 0 Å². The Labute approximate surface area is 187 Å². The molecule has 0 unspecified atom stereocenters. The molecule has 4 rings (SSSR count). The second-order valence-electron chi connectivity index (χ2n) is 7.73. The van der Waals surface area contributed by atoms with Gasteiger partial charge in [0.25, 0.3) is 0 Å². The Kier molecular flexibility index (Phi) is 6.26. The average molecular weight is 432 g/mol. The van der Waals surface area contributed by atoms with Crippen LogP contribution in [0.1, 0.15) is 40.9 Å². The van der Waals surface area contributed by atoms with Crippen LogP contribution < -0.4 is 14.4 Å². The van der Waals surface area contributed by atoms with Crippen LogP contribution in [0.3, 0.4) is 0 Å². The van der Waals surface area contributed by atoms with Crippen LogP contribution in [0.5, 0.6) is 11.5 Å². The number of hydrogen-bond donors (Lipinski definition) is 0. The van der Waals surface area contributed by atoms with E-state index in [0.29, 0.717) is 29.4 Å². The van der Waals surface area contributed by atoms with Crippen LogP contribution in [0, 0.1) is 12.7 Å². The number of carbonyl (C=O) groups is 1. The lowest BCUT2D eigenvalue weighted by Gasteiger charge is -2.20. The van der Waals surface area contributed by atoms with Gasteiger partial charge in [0.05, 0.1) is 5.56 Å². The van der Waals surface area contributed by atoms with Crippen molar-refractivity contribution in [2.45, 2.75) is 27.4 Å². The summed E-state index contributed by atoms with van der Waals surface area (Å²) in [5, 5.41) is 0. The van der Waals surface area contributed by atoms with E-state index in [1.807, 2.05) is 25.1 Å². The number of nitrogens with zero attached hydrogens (tertiary/aromatic N) is 1. The van der Waals surface area contributed by atoms with Gasteiger partial charge in [0.1, 0.15) is 23.9 Å². The lowest BCUT2D eigenvalue weighted by molar-refractivity contribution is 0.101. The number of fused-ring (bicyclic) bond motifs is 1. The Hall–Kier alpha value is -3.60. The molecule has 0 spiro atoms. The maximum atomic E-state index is 13.1. The van der Waals surface area contributed by atoms with Crippen LogP contribution in [0.25, 0.3) is 6.08 Å². The zero-order chi connectivity index (χ0) is 22.7. The molecule has 3 aromatic rings. The number of allylic oxidation sites excluding steroid dienone is 1. The van der Waals surface area contributed by atoms with Gasteiger partial charge in [-0.2, -0.15) is 0 Å². The van der Waals surface area contributed by atoms with Crippen molar-refractivity contribution in [1.82, 2.24) is 0 Å². The molecule has 5 heteroatoms. The molecule has 0 N–H and O–H groups in total. The zero-order valence-corrected chi connectivity index (χ0v) is 18.5. The van der Waals surface area contributed by atoms with Gasteiger partial charge in [0.15, 0.2) is 5.76 Å². The third kappa shape index (κ3) is 4.52. The Morgan fingerprint density at radius 1 is 1.00 bits per heavy atom. The monoisotopic (exact) mass is 431 g/mol. The van der Waals surface area contributed by atoms with E-state index in [2.05, 4.69) is 30.9 Å². The van der Waals surface area contributed by atoms with Gasteiger partial charge in [-0.25, -0.2) is 4.39 Å². The molecule has 0 atom stereocenters. The molecular weight excluding hydrogens is 405 g/mol. The zero-order valence-electron chi connectivity index (χ0n) is 18.5. The summed E-state index contributed by atoms with van der Waals surface area (Å²) in [5.74, 6) is 0.985. The van der Waals surface area contributed by atoms with Gasteiger partial charge in [-0.1, -0.05) is 24.3 Å². The molecule has 164 valence electrons. The fourth-order valence-corrected chi connectivity index (χ4v) is 3.83. The van der Waals surface area contributed by atoms with Crippen LogP contribution in [0.4, 0.5) is 10.1 Å². The summed E-state index contributed by atoms with van der Waals surface area (Å²) in [6.45, 7) is 8.31. The van der Waals surface area contributed by atoms with Crippen molar-refractivity contribution in [3.05, 3.63) is 94.5 Å². The molecule has 1 heterocycles. The third-order valence-corrected chi connectivity index (χ3v) is 5.58. The first-order valence-electron chi connectivity index (χ1n) is 10.8. The van der Waals surface area contributed by atoms with Crippen molar-refractivity contribution < 1.29 is 18.7 Å². The van der Waals surface area contributed by atoms with Crippen molar-refractivity contribution in [1.29, 1.82) is 0 Å². The average Bonchev–Trinajstić information content (AvgIpc) is 3.11. The number of ketones is 1. The van der Waals surface area contributed by atoms with E-state index in [1.165, 1.54) is 12.1 Å². The second-order valence-corrected chi connectivity index (χ2v) is 7.73. The van der Waals surface area contributed by atoms with E-state index in [1.54, 1.807) is 24.3 Å². The molecule has 1 aliphatic heterocycles. The number of ether oxygens (including phenoxy) is 2.